The van der Waals surface area contributed by atoms with Crippen LogP contribution in [-0.4, -0.2) is 57.1 Å². The van der Waals surface area contributed by atoms with Crippen molar-refractivity contribution in [2.45, 2.75) is 26.2 Å². The maximum absolute atomic E-state index is 12.1. The van der Waals surface area contributed by atoms with E-state index in [2.05, 4.69) is 34.1 Å². The summed E-state index contributed by atoms with van der Waals surface area (Å²) in [4.78, 5) is 14.0. The van der Waals surface area contributed by atoms with E-state index in [4.69, 9.17) is 4.74 Å². The molecule has 2 aromatic carbocycles. The number of benzene rings is 2. The monoisotopic (exact) mass is 493 g/mol. The van der Waals surface area contributed by atoms with Gasteiger partial charge in [0.15, 0.2) is 0 Å². The summed E-state index contributed by atoms with van der Waals surface area (Å²) in [5.74, 6) is 0.112. The van der Waals surface area contributed by atoms with E-state index in [9.17, 15) is 18.3 Å². The van der Waals surface area contributed by atoms with Gasteiger partial charge >= 0.3 is 4.87 Å². The Morgan fingerprint density at radius 2 is 1.85 bits per heavy atom. The summed E-state index contributed by atoms with van der Waals surface area (Å²) in [6.07, 6.45) is 1.98. The van der Waals surface area contributed by atoms with Crippen molar-refractivity contribution < 1.29 is 18.3 Å². The summed E-state index contributed by atoms with van der Waals surface area (Å²) in [7, 11) is -3.33. The van der Waals surface area contributed by atoms with Gasteiger partial charge in [-0.1, -0.05) is 41.7 Å². The normalized spacial score (nSPS) is 11.9. The summed E-state index contributed by atoms with van der Waals surface area (Å²) in [6.45, 7) is 4.45. The van der Waals surface area contributed by atoms with E-state index in [1.165, 1.54) is 11.1 Å². The molecule has 180 valence electrons. The van der Waals surface area contributed by atoms with Gasteiger partial charge in [0, 0.05) is 6.54 Å². The van der Waals surface area contributed by atoms with Gasteiger partial charge in [0.05, 0.1) is 23.7 Å². The Morgan fingerprint density at radius 1 is 1.03 bits per heavy atom. The summed E-state index contributed by atoms with van der Waals surface area (Å²) < 4.78 is 33.1. The second-order valence-corrected chi connectivity index (χ2v) is 10.7. The van der Waals surface area contributed by atoms with Gasteiger partial charge < -0.3 is 20.1 Å². The lowest BCUT2D eigenvalue weighted by atomic mass is 10.1. The number of fused-ring (bicyclic) bond motifs is 1. The number of nitrogens with one attached hydrogen (secondary N) is 3. The van der Waals surface area contributed by atoms with Crippen LogP contribution in [0.5, 0.6) is 5.75 Å². The molecule has 0 bridgehead atoms. The maximum Gasteiger partial charge on any atom is 0.305 e. The quantitative estimate of drug-likeness (QED) is 0.256. The first kappa shape index (κ1) is 25.4. The molecular weight excluding hydrogens is 462 g/mol. The molecule has 0 amide bonds. The number of hydrogen-bond acceptors (Lipinski definition) is 7. The second kappa shape index (κ2) is 12.3. The number of aryl methyl sites for hydroxylation is 1. The predicted molar refractivity (Wildman–Crippen MR) is 133 cm³/mol. The summed E-state index contributed by atoms with van der Waals surface area (Å²) in [6, 6.07) is 11.5. The number of rotatable bonds is 14. The lowest BCUT2D eigenvalue weighted by Gasteiger charge is -2.09. The number of thiazole rings is 1. The second-order valence-electron chi connectivity index (χ2n) is 7.82. The van der Waals surface area contributed by atoms with Crippen molar-refractivity contribution in [2.75, 3.05) is 38.6 Å². The number of ether oxygens (including phenoxy) is 1. The molecule has 1 heterocycles. The van der Waals surface area contributed by atoms with Crippen molar-refractivity contribution >= 4 is 31.6 Å². The van der Waals surface area contributed by atoms with Gasteiger partial charge in [-0.15, -0.1) is 0 Å². The minimum atomic E-state index is -3.33. The first-order valence-electron chi connectivity index (χ1n) is 11.0. The van der Waals surface area contributed by atoms with Crippen LogP contribution >= 0.6 is 11.3 Å². The van der Waals surface area contributed by atoms with Crippen LogP contribution in [0.25, 0.3) is 10.2 Å². The van der Waals surface area contributed by atoms with Crippen LogP contribution in [-0.2, 0) is 27.6 Å². The molecular formula is C23H31N3O5S2. The van der Waals surface area contributed by atoms with E-state index in [-0.39, 0.29) is 22.9 Å². The molecule has 3 aromatic rings. The molecule has 1 aromatic heterocycles. The number of sulfonamides is 1. The lowest BCUT2D eigenvalue weighted by Crippen LogP contribution is -2.31. The van der Waals surface area contributed by atoms with Gasteiger partial charge in [0.1, 0.15) is 11.3 Å². The molecule has 0 saturated carbocycles. The Morgan fingerprint density at radius 3 is 2.67 bits per heavy atom. The van der Waals surface area contributed by atoms with Gasteiger partial charge in [0.25, 0.3) is 0 Å². The van der Waals surface area contributed by atoms with Crippen molar-refractivity contribution in [2.24, 2.45) is 0 Å². The lowest BCUT2D eigenvalue weighted by molar-refractivity contribution is 0.142. The summed E-state index contributed by atoms with van der Waals surface area (Å²) >= 11 is 1.08. The smallest absolute Gasteiger partial charge is 0.305 e. The van der Waals surface area contributed by atoms with E-state index in [1.54, 1.807) is 12.1 Å². The van der Waals surface area contributed by atoms with Crippen molar-refractivity contribution in [3.05, 3.63) is 62.8 Å². The highest BCUT2D eigenvalue weighted by molar-refractivity contribution is 7.89. The fourth-order valence-corrected chi connectivity index (χ4v) is 5.48. The Kier molecular flexibility index (Phi) is 9.45. The highest BCUT2D eigenvalue weighted by Crippen LogP contribution is 2.27. The number of phenolic OH excluding ortho intramolecular Hbond substituents is 1. The third kappa shape index (κ3) is 7.94. The molecule has 0 aliphatic rings. The molecule has 4 N–H and O–H groups in total. The molecule has 8 nitrogen and oxygen atoms in total. The number of phenols is 1. The van der Waals surface area contributed by atoms with Crippen molar-refractivity contribution in [1.29, 1.82) is 0 Å². The van der Waals surface area contributed by atoms with Crippen LogP contribution < -0.4 is 14.9 Å². The van der Waals surface area contributed by atoms with E-state index in [1.807, 2.05) is 12.1 Å². The van der Waals surface area contributed by atoms with Gasteiger partial charge in [0.2, 0.25) is 10.0 Å². The molecule has 0 saturated heterocycles. The standard InChI is InChI=1S/C23H31N3O5S2/c1-17-5-2-3-6-18(17)10-14-31-15-13-25-33(29,30)16-4-11-24-12-9-19-7-8-20(27)21-22(19)32-23(28)26-21/h2-3,5-8,24-25,27H,4,9-16H2,1H3,(H,26,28). The Hall–Kier alpha value is -2.24. The minimum Gasteiger partial charge on any atom is -0.506 e. The molecule has 0 radical (unpaired) electrons. The van der Waals surface area contributed by atoms with Crippen molar-refractivity contribution in [1.82, 2.24) is 15.0 Å². The zero-order chi connectivity index (χ0) is 23.7. The van der Waals surface area contributed by atoms with Gasteiger partial charge in [-0.25, -0.2) is 13.1 Å². The molecule has 0 aliphatic heterocycles. The molecule has 0 fully saturated rings. The van der Waals surface area contributed by atoms with Crippen molar-refractivity contribution in [3.8, 4) is 5.75 Å². The molecule has 0 unspecified atom stereocenters. The average molecular weight is 494 g/mol. The Labute approximate surface area is 198 Å². The van der Waals surface area contributed by atoms with E-state index in [0.717, 1.165) is 28.0 Å². The fourth-order valence-electron chi connectivity index (χ4n) is 3.52. The zero-order valence-electron chi connectivity index (χ0n) is 18.7. The van der Waals surface area contributed by atoms with Gasteiger partial charge in [-0.3, -0.25) is 4.79 Å². The van der Waals surface area contributed by atoms with Crippen LogP contribution in [0.4, 0.5) is 0 Å². The number of H-pyrrole nitrogens is 1. The molecule has 0 aliphatic carbocycles. The highest BCUT2D eigenvalue weighted by atomic mass is 32.2. The fraction of sp³-hybridized carbons (Fsp3) is 0.435. The van der Waals surface area contributed by atoms with E-state index >= 15 is 0 Å². The number of hydrogen-bond donors (Lipinski definition) is 4. The average Bonchev–Trinajstić information content (AvgIpc) is 3.18. The molecule has 0 atom stereocenters. The van der Waals surface area contributed by atoms with Crippen LogP contribution in [0.3, 0.4) is 0 Å². The molecule has 10 heteroatoms. The van der Waals surface area contributed by atoms with Crippen LogP contribution in [0.2, 0.25) is 0 Å². The SMILES string of the molecule is Cc1ccccc1CCOCCNS(=O)(=O)CCCNCCc1ccc(O)c2[nH]c(=O)sc12. The zero-order valence-corrected chi connectivity index (χ0v) is 20.4. The maximum atomic E-state index is 12.1. The molecule has 33 heavy (non-hydrogen) atoms. The number of aromatic hydroxyl groups is 1. The molecule has 3 rings (SSSR count). The summed E-state index contributed by atoms with van der Waals surface area (Å²) in [5.41, 5.74) is 3.91. The first-order valence-corrected chi connectivity index (χ1v) is 13.5. The number of aromatic amines is 1. The largest absolute Gasteiger partial charge is 0.506 e. The third-order valence-electron chi connectivity index (χ3n) is 5.32. The predicted octanol–water partition coefficient (Wildman–Crippen LogP) is 2.30. The van der Waals surface area contributed by atoms with E-state index in [0.29, 0.717) is 44.7 Å². The molecule has 0 spiro atoms. The Balaban J connectivity index is 1.26. The first-order chi connectivity index (χ1) is 15.9. The van der Waals surface area contributed by atoms with Gasteiger partial charge in [-0.2, -0.15) is 0 Å². The van der Waals surface area contributed by atoms with Crippen LogP contribution in [0.1, 0.15) is 23.1 Å². The van der Waals surface area contributed by atoms with Gasteiger partial charge in [-0.05, 0) is 62.0 Å². The van der Waals surface area contributed by atoms with E-state index < -0.39 is 10.0 Å². The third-order valence-corrected chi connectivity index (χ3v) is 7.75. The van der Waals surface area contributed by atoms with Crippen molar-refractivity contribution in [3.63, 3.8) is 0 Å². The van der Waals surface area contributed by atoms with Crippen LogP contribution in [0.15, 0.2) is 41.2 Å². The highest BCUT2D eigenvalue weighted by Gasteiger charge is 2.11. The summed E-state index contributed by atoms with van der Waals surface area (Å²) in [5, 5.41) is 13.1. The minimum absolute atomic E-state index is 0.0477. The topological polar surface area (TPSA) is 121 Å². The van der Waals surface area contributed by atoms with Crippen LogP contribution in [0, 0.1) is 6.92 Å². The Bertz CT molecular complexity index is 1200. The number of aromatic nitrogens is 1.